The van der Waals surface area contributed by atoms with Crippen molar-refractivity contribution in [3.63, 3.8) is 0 Å². The molecule has 3 nitrogen and oxygen atoms in total. The summed E-state index contributed by atoms with van der Waals surface area (Å²) in [6.45, 7) is 4.75. The molecule has 0 bridgehead atoms. The first kappa shape index (κ1) is 11.6. The Bertz CT molecular complexity index is 538. The van der Waals surface area contributed by atoms with Crippen LogP contribution in [0.4, 0.5) is 0 Å². The fourth-order valence-electron chi connectivity index (χ4n) is 2.76. The number of likely N-dealkylation sites (tertiary alicyclic amines) is 1. The first-order valence-corrected chi connectivity index (χ1v) is 6.76. The van der Waals surface area contributed by atoms with Crippen LogP contribution in [0, 0.1) is 0 Å². The van der Waals surface area contributed by atoms with Crippen molar-refractivity contribution in [2.45, 2.75) is 32.2 Å². The number of hydrogen-bond acceptors (Lipinski definition) is 3. The Morgan fingerprint density at radius 3 is 2.83 bits per heavy atom. The second-order valence-electron chi connectivity index (χ2n) is 5.16. The lowest BCUT2D eigenvalue weighted by Gasteiger charge is -2.20. The maximum atomic E-state index is 4.36. The first-order valence-electron chi connectivity index (χ1n) is 6.76. The molecule has 1 atom stereocenters. The number of rotatable bonds is 3. The Morgan fingerprint density at radius 1 is 1.22 bits per heavy atom. The summed E-state index contributed by atoms with van der Waals surface area (Å²) >= 11 is 0. The van der Waals surface area contributed by atoms with Crippen LogP contribution in [0.2, 0.25) is 0 Å². The minimum atomic E-state index is 0.755. The van der Waals surface area contributed by atoms with Crippen LogP contribution in [0.1, 0.15) is 25.3 Å². The highest BCUT2D eigenvalue weighted by atomic mass is 15.2. The van der Waals surface area contributed by atoms with Gasteiger partial charge < -0.3 is 4.90 Å². The van der Waals surface area contributed by atoms with Gasteiger partial charge in [0.25, 0.3) is 0 Å². The van der Waals surface area contributed by atoms with E-state index in [2.05, 4.69) is 40.0 Å². The lowest BCUT2D eigenvalue weighted by Crippen LogP contribution is -2.28. The summed E-state index contributed by atoms with van der Waals surface area (Å²) in [6.07, 6.45) is 7.31. The second kappa shape index (κ2) is 5.02. The van der Waals surface area contributed by atoms with E-state index in [-0.39, 0.29) is 0 Å². The third kappa shape index (κ3) is 2.36. The third-order valence-electron chi connectivity index (χ3n) is 3.91. The summed E-state index contributed by atoms with van der Waals surface area (Å²) in [5.74, 6) is 0. The lowest BCUT2D eigenvalue weighted by atomic mass is 10.1. The molecule has 1 saturated heterocycles. The molecule has 1 aliphatic heterocycles. The Hall–Kier alpha value is -1.48. The van der Waals surface area contributed by atoms with Crippen LogP contribution in [0.25, 0.3) is 11.0 Å². The largest absolute Gasteiger partial charge is 0.300 e. The second-order valence-corrected chi connectivity index (χ2v) is 5.16. The van der Waals surface area contributed by atoms with Crippen molar-refractivity contribution in [1.82, 2.24) is 14.9 Å². The van der Waals surface area contributed by atoms with Gasteiger partial charge in [0.05, 0.1) is 11.0 Å². The highest BCUT2D eigenvalue weighted by Gasteiger charge is 2.19. The van der Waals surface area contributed by atoms with Crippen molar-refractivity contribution in [2.24, 2.45) is 0 Å². The minimum Gasteiger partial charge on any atom is -0.300 e. The molecule has 1 aliphatic rings. The zero-order valence-corrected chi connectivity index (χ0v) is 10.8. The summed E-state index contributed by atoms with van der Waals surface area (Å²) < 4.78 is 0. The molecule has 0 unspecified atom stereocenters. The Labute approximate surface area is 108 Å². The molecule has 1 fully saturated rings. The van der Waals surface area contributed by atoms with Gasteiger partial charge in [-0.3, -0.25) is 9.97 Å². The van der Waals surface area contributed by atoms with E-state index in [1.54, 1.807) is 12.4 Å². The van der Waals surface area contributed by atoms with Gasteiger partial charge in [-0.25, -0.2) is 0 Å². The number of fused-ring (bicyclic) bond motifs is 1. The monoisotopic (exact) mass is 241 g/mol. The van der Waals surface area contributed by atoms with Crippen molar-refractivity contribution in [3.8, 4) is 0 Å². The average Bonchev–Trinajstić information content (AvgIpc) is 2.82. The van der Waals surface area contributed by atoms with Crippen LogP contribution < -0.4 is 0 Å². The van der Waals surface area contributed by atoms with Gasteiger partial charge in [0.15, 0.2) is 0 Å². The molecular weight excluding hydrogens is 222 g/mol. The lowest BCUT2D eigenvalue weighted by molar-refractivity contribution is 0.272. The van der Waals surface area contributed by atoms with Gasteiger partial charge >= 0.3 is 0 Å². The molecule has 0 radical (unpaired) electrons. The van der Waals surface area contributed by atoms with Crippen LogP contribution >= 0.6 is 0 Å². The van der Waals surface area contributed by atoms with Crippen molar-refractivity contribution in [3.05, 3.63) is 36.2 Å². The molecule has 2 heterocycles. The van der Waals surface area contributed by atoms with Crippen LogP contribution in [-0.2, 0) is 6.42 Å². The van der Waals surface area contributed by atoms with Crippen molar-refractivity contribution in [2.75, 3.05) is 13.1 Å². The molecule has 0 saturated carbocycles. The molecule has 0 spiro atoms. The Balaban J connectivity index is 1.71. The van der Waals surface area contributed by atoms with E-state index in [0.29, 0.717) is 0 Å². The summed E-state index contributed by atoms with van der Waals surface area (Å²) in [5, 5.41) is 0. The van der Waals surface area contributed by atoms with E-state index in [0.717, 1.165) is 30.0 Å². The van der Waals surface area contributed by atoms with Gasteiger partial charge in [0.1, 0.15) is 0 Å². The fourth-order valence-corrected chi connectivity index (χ4v) is 2.76. The fraction of sp³-hybridized carbons (Fsp3) is 0.467. The van der Waals surface area contributed by atoms with Gasteiger partial charge in [-0.05, 0) is 50.4 Å². The minimum absolute atomic E-state index is 0.755. The smallest absolute Gasteiger partial charge is 0.0889 e. The highest BCUT2D eigenvalue weighted by molar-refractivity contribution is 5.74. The standard InChI is InChI=1S/C15H19N3/c1-12-3-2-9-18(12)10-6-13-4-5-14-15(11-13)17-8-7-16-14/h4-5,7-8,11-12H,2-3,6,9-10H2,1H3/t12-/m1/s1. The number of aromatic nitrogens is 2. The topological polar surface area (TPSA) is 29.0 Å². The highest BCUT2D eigenvalue weighted by Crippen LogP contribution is 2.17. The zero-order valence-electron chi connectivity index (χ0n) is 10.8. The normalized spacial score (nSPS) is 20.6. The molecule has 94 valence electrons. The first-order chi connectivity index (χ1) is 8.83. The van der Waals surface area contributed by atoms with E-state index in [1.807, 2.05) is 0 Å². The molecular formula is C15H19N3. The van der Waals surface area contributed by atoms with E-state index in [4.69, 9.17) is 0 Å². The number of hydrogen-bond donors (Lipinski definition) is 0. The molecule has 1 aromatic carbocycles. The van der Waals surface area contributed by atoms with Crippen molar-refractivity contribution < 1.29 is 0 Å². The van der Waals surface area contributed by atoms with Crippen LogP contribution in [0.5, 0.6) is 0 Å². The summed E-state index contributed by atoms with van der Waals surface area (Å²) in [4.78, 5) is 11.2. The van der Waals surface area contributed by atoms with Crippen LogP contribution in [-0.4, -0.2) is 34.0 Å². The molecule has 18 heavy (non-hydrogen) atoms. The van der Waals surface area contributed by atoms with E-state index in [1.165, 1.54) is 24.9 Å². The van der Waals surface area contributed by atoms with Crippen molar-refractivity contribution >= 4 is 11.0 Å². The average molecular weight is 241 g/mol. The SMILES string of the molecule is C[C@@H]1CCCN1CCc1ccc2nccnc2c1. The summed E-state index contributed by atoms with van der Waals surface area (Å²) in [6, 6.07) is 7.18. The molecule has 2 aromatic rings. The van der Waals surface area contributed by atoms with Gasteiger partial charge in [-0.1, -0.05) is 6.07 Å². The van der Waals surface area contributed by atoms with Gasteiger partial charge in [0.2, 0.25) is 0 Å². The maximum Gasteiger partial charge on any atom is 0.0889 e. The third-order valence-corrected chi connectivity index (χ3v) is 3.91. The molecule has 0 N–H and O–H groups in total. The zero-order chi connectivity index (χ0) is 12.4. The van der Waals surface area contributed by atoms with Crippen molar-refractivity contribution in [1.29, 1.82) is 0 Å². The molecule has 3 rings (SSSR count). The van der Waals surface area contributed by atoms with Gasteiger partial charge in [-0.2, -0.15) is 0 Å². The summed E-state index contributed by atoms with van der Waals surface area (Å²) in [7, 11) is 0. The number of benzene rings is 1. The van der Waals surface area contributed by atoms with Crippen LogP contribution in [0.3, 0.4) is 0 Å². The molecule has 0 aliphatic carbocycles. The van der Waals surface area contributed by atoms with Gasteiger partial charge in [-0.15, -0.1) is 0 Å². The molecule has 0 amide bonds. The summed E-state index contributed by atoms with van der Waals surface area (Å²) in [5.41, 5.74) is 3.35. The Kier molecular flexibility index (Phi) is 3.24. The maximum absolute atomic E-state index is 4.36. The quantitative estimate of drug-likeness (QED) is 0.827. The van der Waals surface area contributed by atoms with E-state index < -0.39 is 0 Å². The van der Waals surface area contributed by atoms with E-state index >= 15 is 0 Å². The number of nitrogens with zero attached hydrogens (tertiary/aromatic N) is 3. The molecule has 3 heteroatoms. The predicted octanol–water partition coefficient (Wildman–Crippen LogP) is 2.66. The van der Waals surface area contributed by atoms with Gasteiger partial charge in [0, 0.05) is 25.0 Å². The predicted molar refractivity (Wildman–Crippen MR) is 73.5 cm³/mol. The Morgan fingerprint density at radius 2 is 2.06 bits per heavy atom. The van der Waals surface area contributed by atoms with Crippen LogP contribution in [0.15, 0.2) is 30.6 Å². The molecule has 1 aromatic heterocycles. The van der Waals surface area contributed by atoms with E-state index in [9.17, 15) is 0 Å².